The first-order valence-corrected chi connectivity index (χ1v) is 6.04. The van der Waals surface area contributed by atoms with Crippen LogP contribution in [0.2, 0.25) is 5.02 Å². The van der Waals surface area contributed by atoms with E-state index in [1.165, 1.54) is 0 Å². The Kier molecular flexibility index (Phi) is 4.97. The highest BCUT2D eigenvalue weighted by molar-refractivity contribution is 6.31. The van der Waals surface area contributed by atoms with E-state index in [0.29, 0.717) is 11.4 Å². The van der Waals surface area contributed by atoms with Crippen LogP contribution in [0.1, 0.15) is 25.8 Å². The van der Waals surface area contributed by atoms with Crippen LogP contribution in [-0.2, 0) is 11.2 Å². The van der Waals surface area contributed by atoms with Gasteiger partial charge in [-0.2, -0.15) is 0 Å². The molecule has 94 valence electrons. The molecule has 0 saturated carbocycles. The van der Waals surface area contributed by atoms with Crippen LogP contribution in [0.5, 0.6) is 0 Å². The number of carbonyl (C=O) groups is 1. The summed E-state index contributed by atoms with van der Waals surface area (Å²) in [6.07, 6.45) is 0.910. The third kappa shape index (κ3) is 4.02. The summed E-state index contributed by atoms with van der Waals surface area (Å²) in [6, 6.07) is 7.26. The van der Waals surface area contributed by atoms with Gasteiger partial charge < -0.3 is 10.4 Å². The second-order valence-corrected chi connectivity index (χ2v) is 4.80. The topological polar surface area (TPSA) is 49.3 Å². The molecule has 1 unspecified atom stereocenters. The first-order valence-electron chi connectivity index (χ1n) is 5.66. The predicted molar refractivity (Wildman–Crippen MR) is 69.1 cm³/mol. The van der Waals surface area contributed by atoms with Gasteiger partial charge in [-0.1, -0.05) is 36.7 Å². The molecule has 0 radical (unpaired) electrons. The number of benzene rings is 1. The number of amides is 1. The summed E-state index contributed by atoms with van der Waals surface area (Å²) in [7, 11) is 0. The van der Waals surface area contributed by atoms with Gasteiger partial charge in [-0.3, -0.25) is 4.79 Å². The maximum Gasteiger partial charge on any atom is 0.224 e. The van der Waals surface area contributed by atoms with E-state index in [4.69, 9.17) is 11.6 Å². The minimum Gasteiger partial charge on any atom is -0.394 e. The summed E-state index contributed by atoms with van der Waals surface area (Å²) < 4.78 is 0. The fraction of sp³-hybridized carbons (Fsp3) is 0.462. The monoisotopic (exact) mass is 255 g/mol. The number of nitrogens with one attached hydrogen (secondary N) is 1. The molecule has 0 bridgehead atoms. The summed E-state index contributed by atoms with van der Waals surface area (Å²) in [5.74, 6) is -0.128. The van der Waals surface area contributed by atoms with E-state index in [9.17, 15) is 9.90 Å². The molecule has 0 aliphatic carbocycles. The van der Waals surface area contributed by atoms with Crippen LogP contribution in [0.3, 0.4) is 0 Å². The Morgan fingerprint density at radius 3 is 2.65 bits per heavy atom. The molecule has 4 heteroatoms. The second-order valence-electron chi connectivity index (χ2n) is 4.39. The van der Waals surface area contributed by atoms with Crippen molar-refractivity contribution in [3.05, 3.63) is 34.9 Å². The largest absolute Gasteiger partial charge is 0.394 e. The van der Waals surface area contributed by atoms with Gasteiger partial charge in [0.15, 0.2) is 0 Å². The summed E-state index contributed by atoms with van der Waals surface area (Å²) in [5.41, 5.74) is 0.237. The van der Waals surface area contributed by atoms with Crippen LogP contribution in [0.25, 0.3) is 0 Å². The molecule has 1 rings (SSSR count). The maximum absolute atomic E-state index is 11.8. The van der Waals surface area contributed by atoms with E-state index in [-0.39, 0.29) is 18.9 Å². The molecule has 0 heterocycles. The lowest BCUT2D eigenvalue weighted by Gasteiger charge is -2.27. The number of aliphatic hydroxyl groups excluding tert-OH is 1. The van der Waals surface area contributed by atoms with Crippen molar-refractivity contribution in [3.8, 4) is 0 Å². The van der Waals surface area contributed by atoms with Gasteiger partial charge in [0.2, 0.25) is 5.91 Å². The van der Waals surface area contributed by atoms with Crippen molar-refractivity contribution < 1.29 is 9.90 Å². The van der Waals surface area contributed by atoms with Crippen molar-refractivity contribution in [2.24, 2.45) is 0 Å². The number of hydrogen-bond acceptors (Lipinski definition) is 2. The molecule has 2 N–H and O–H groups in total. The normalized spacial score (nSPS) is 14.1. The average molecular weight is 256 g/mol. The number of rotatable bonds is 5. The Hall–Kier alpha value is -1.06. The van der Waals surface area contributed by atoms with E-state index in [2.05, 4.69) is 5.32 Å². The van der Waals surface area contributed by atoms with E-state index < -0.39 is 5.54 Å². The van der Waals surface area contributed by atoms with E-state index in [1.54, 1.807) is 6.07 Å². The van der Waals surface area contributed by atoms with Crippen molar-refractivity contribution in [1.82, 2.24) is 5.32 Å². The van der Waals surface area contributed by atoms with Crippen molar-refractivity contribution in [2.45, 2.75) is 32.2 Å². The van der Waals surface area contributed by atoms with Gasteiger partial charge in [-0.15, -0.1) is 0 Å². The standard InChI is InChI=1S/C13H18ClNO2/c1-3-13(2,9-16)15-12(17)8-10-6-4-5-7-11(10)14/h4-7,16H,3,8-9H2,1-2H3,(H,15,17). The fourth-order valence-electron chi connectivity index (χ4n) is 1.44. The van der Waals surface area contributed by atoms with Gasteiger partial charge in [-0.25, -0.2) is 0 Å². The van der Waals surface area contributed by atoms with Crippen LogP contribution in [-0.4, -0.2) is 23.2 Å². The molecule has 1 amide bonds. The Balaban J connectivity index is 2.65. The highest BCUT2D eigenvalue weighted by atomic mass is 35.5. The minimum atomic E-state index is -0.557. The molecule has 17 heavy (non-hydrogen) atoms. The van der Waals surface area contributed by atoms with Gasteiger partial charge in [0.05, 0.1) is 18.6 Å². The van der Waals surface area contributed by atoms with Gasteiger partial charge >= 0.3 is 0 Å². The summed E-state index contributed by atoms with van der Waals surface area (Å²) in [4.78, 5) is 11.8. The van der Waals surface area contributed by atoms with Gasteiger partial charge in [0.25, 0.3) is 0 Å². The smallest absolute Gasteiger partial charge is 0.224 e. The van der Waals surface area contributed by atoms with Gasteiger partial charge in [-0.05, 0) is 25.0 Å². The third-order valence-corrected chi connectivity index (χ3v) is 3.25. The van der Waals surface area contributed by atoms with Crippen LogP contribution >= 0.6 is 11.6 Å². The molecule has 0 fully saturated rings. The van der Waals surface area contributed by atoms with Crippen molar-refractivity contribution in [2.75, 3.05) is 6.61 Å². The summed E-state index contributed by atoms with van der Waals surface area (Å²) in [6.45, 7) is 3.67. The van der Waals surface area contributed by atoms with Crippen LogP contribution in [0, 0.1) is 0 Å². The average Bonchev–Trinajstić information content (AvgIpc) is 2.32. The van der Waals surface area contributed by atoms with E-state index >= 15 is 0 Å². The van der Waals surface area contributed by atoms with Crippen LogP contribution < -0.4 is 5.32 Å². The lowest BCUT2D eigenvalue weighted by atomic mass is 9.99. The first-order chi connectivity index (χ1) is 8.00. The Morgan fingerprint density at radius 2 is 2.12 bits per heavy atom. The molecule has 1 atom stereocenters. The zero-order valence-electron chi connectivity index (χ0n) is 10.2. The Labute approximate surface area is 107 Å². The highest BCUT2D eigenvalue weighted by Gasteiger charge is 2.23. The second kappa shape index (κ2) is 6.03. The van der Waals surface area contributed by atoms with Gasteiger partial charge in [0.1, 0.15) is 0 Å². The van der Waals surface area contributed by atoms with E-state index in [0.717, 1.165) is 5.56 Å². The predicted octanol–water partition coefficient (Wildman–Crippen LogP) is 2.16. The van der Waals surface area contributed by atoms with Crippen molar-refractivity contribution in [3.63, 3.8) is 0 Å². The molecule has 0 aliphatic rings. The Bertz CT molecular complexity index is 389. The fourth-order valence-corrected chi connectivity index (χ4v) is 1.64. The first kappa shape index (κ1) is 14.0. The van der Waals surface area contributed by atoms with Gasteiger partial charge in [0, 0.05) is 5.02 Å². The molecule has 1 aromatic carbocycles. The lowest BCUT2D eigenvalue weighted by molar-refractivity contribution is -0.122. The van der Waals surface area contributed by atoms with E-state index in [1.807, 2.05) is 32.0 Å². The Morgan fingerprint density at radius 1 is 1.47 bits per heavy atom. The molecule has 3 nitrogen and oxygen atoms in total. The number of aliphatic hydroxyl groups is 1. The zero-order valence-corrected chi connectivity index (χ0v) is 10.9. The number of halogens is 1. The summed E-state index contributed by atoms with van der Waals surface area (Å²) >= 11 is 5.98. The number of hydrogen-bond donors (Lipinski definition) is 2. The lowest BCUT2D eigenvalue weighted by Crippen LogP contribution is -2.48. The molecule has 0 aromatic heterocycles. The number of carbonyl (C=O) groups excluding carboxylic acids is 1. The molecule has 1 aromatic rings. The molecular weight excluding hydrogens is 238 g/mol. The maximum atomic E-state index is 11.8. The minimum absolute atomic E-state index is 0.0717. The van der Waals surface area contributed by atoms with Crippen molar-refractivity contribution >= 4 is 17.5 Å². The highest BCUT2D eigenvalue weighted by Crippen LogP contribution is 2.16. The SMILES string of the molecule is CCC(C)(CO)NC(=O)Cc1ccccc1Cl. The van der Waals surface area contributed by atoms with Crippen LogP contribution in [0.15, 0.2) is 24.3 Å². The molecule has 0 spiro atoms. The molecule has 0 saturated heterocycles. The zero-order chi connectivity index (χ0) is 12.9. The van der Waals surface area contributed by atoms with Crippen LogP contribution in [0.4, 0.5) is 0 Å². The third-order valence-electron chi connectivity index (χ3n) is 2.88. The van der Waals surface area contributed by atoms with Crippen molar-refractivity contribution in [1.29, 1.82) is 0 Å². The summed E-state index contributed by atoms with van der Waals surface area (Å²) in [5, 5.41) is 12.6. The molecule has 0 aliphatic heterocycles. The molecular formula is C13H18ClNO2. The quantitative estimate of drug-likeness (QED) is 0.847.